The molecule has 2 atom stereocenters. The Labute approximate surface area is 103 Å². The maximum absolute atomic E-state index is 11.4. The van der Waals surface area contributed by atoms with Crippen LogP contribution in [0.25, 0.3) is 0 Å². The SMILES string of the molecule is CC(C)CC(Cl)CNC(=O)C(C)S(C)(=O)=O. The molecule has 0 rings (SSSR count). The third-order valence-electron chi connectivity index (χ3n) is 2.24. The van der Waals surface area contributed by atoms with E-state index in [0.29, 0.717) is 12.5 Å². The maximum atomic E-state index is 11.4. The molecule has 0 bridgehead atoms. The van der Waals surface area contributed by atoms with E-state index in [1.54, 1.807) is 0 Å². The van der Waals surface area contributed by atoms with E-state index in [1.807, 2.05) is 13.8 Å². The minimum absolute atomic E-state index is 0.157. The van der Waals surface area contributed by atoms with Crippen molar-refractivity contribution in [2.24, 2.45) is 5.92 Å². The van der Waals surface area contributed by atoms with Crippen molar-refractivity contribution in [1.29, 1.82) is 0 Å². The van der Waals surface area contributed by atoms with Crippen molar-refractivity contribution in [3.8, 4) is 0 Å². The summed E-state index contributed by atoms with van der Waals surface area (Å²) < 4.78 is 22.2. The predicted molar refractivity (Wildman–Crippen MR) is 66.4 cm³/mol. The number of carbonyl (C=O) groups excluding carboxylic acids is 1. The average Bonchev–Trinajstić information content (AvgIpc) is 2.10. The minimum atomic E-state index is -3.33. The molecule has 0 aliphatic carbocycles. The molecule has 2 unspecified atom stereocenters. The molecule has 16 heavy (non-hydrogen) atoms. The predicted octanol–water partition coefficient (Wildman–Crippen LogP) is 1.19. The molecule has 6 heteroatoms. The largest absolute Gasteiger partial charge is 0.354 e. The molecular weight excluding hydrogens is 250 g/mol. The first-order chi connectivity index (χ1) is 7.14. The number of rotatable bonds is 6. The normalized spacial score (nSPS) is 15.9. The van der Waals surface area contributed by atoms with Crippen molar-refractivity contribution in [2.45, 2.75) is 37.8 Å². The van der Waals surface area contributed by atoms with Crippen LogP contribution >= 0.6 is 11.6 Å². The van der Waals surface area contributed by atoms with Crippen LogP contribution in [0.2, 0.25) is 0 Å². The Hall–Kier alpha value is -0.290. The third kappa shape index (κ3) is 6.33. The smallest absolute Gasteiger partial charge is 0.238 e. The molecule has 0 aromatic rings. The summed E-state index contributed by atoms with van der Waals surface area (Å²) in [4.78, 5) is 11.4. The highest BCUT2D eigenvalue weighted by atomic mass is 35.5. The summed E-state index contributed by atoms with van der Waals surface area (Å²) >= 11 is 5.97. The van der Waals surface area contributed by atoms with Gasteiger partial charge in [-0.25, -0.2) is 8.42 Å². The fraction of sp³-hybridized carbons (Fsp3) is 0.900. The molecule has 0 saturated heterocycles. The highest BCUT2D eigenvalue weighted by Crippen LogP contribution is 2.09. The number of alkyl halides is 1. The first-order valence-electron chi connectivity index (χ1n) is 5.25. The van der Waals surface area contributed by atoms with Crippen molar-refractivity contribution >= 4 is 27.3 Å². The van der Waals surface area contributed by atoms with E-state index >= 15 is 0 Å². The number of hydrogen-bond acceptors (Lipinski definition) is 3. The lowest BCUT2D eigenvalue weighted by Crippen LogP contribution is -2.40. The van der Waals surface area contributed by atoms with Gasteiger partial charge < -0.3 is 5.32 Å². The lowest BCUT2D eigenvalue weighted by Gasteiger charge is -2.15. The zero-order chi connectivity index (χ0) is 12.9. The van der Waals surface area contributed by atoms with Crippen molar-refractivity contribution < 1.29 is 13.2 Å². The Morgan fingerprint density at radius 1 is 1.31 bits per heavy atom. The van der Waals surface area contributed by atoms with E-state index in [1.165, 1.54) is 6.92 Å². The first-order valence-corrected chi connectivity index (χ1v) is 7.64. The second-order valence-electron chi connectivity index (χ2n) is 4.44. The number of hydrogen-bond donors (Lipinski definition) is 1. The van der Waals surface area contributed by atoms with E-state index in [0.717, 1.165) is 12.7 Å². The third-order valence-corrected chi connectivity index (χ3v) is 4.07. The van der Waals surface area contributed by atoms with E-state index < -0.39 is 21.0 Å². The van der Waals surface area contributed by atoms with Gasteiger partial charge in [0, 0.05) is 12.8 Å². The van der Waals surface area contributed by atoms with Gasteiger partial charge in [-0.15, -0.1) is 11.6 Å². The Balaban J connectivity index is 4.08. The molecule has 0 aromatic carbocycles. The molecule has 0 radical (unpaired) electrons. The molecule has 96 valence electrons. The molecule has 1 N–H and O–H groups in total. The molecule has 0 saturated carbocycles. The summed E-state index contributed by atoms with van der Waals surface area (Å²) in [6.45, 7) is 5.75. The van der Waals surface area contributed by atoms with E-state index in [2.05, 4.69) is 5.32 Å². The summed E-state index contributed by atoms with van der Waals surface area (Å²) in [5.74, 6) is -0.0383. The number of nitrogens with one attached hydrogen (secondary N) is 1. The van der Waals surface area contributed by atoms with Crippen LogP contribution in [-0.4, -0.2) is 37.8 Å². The Bertz CT molecular complexity index is 327. The highest BCUT2D eigenvalue weighted by Gasteiger charge is 2.23. The monoisotopic (exact) mass is 269 g/mol. The van der Waals surface area contributed by atoms with Crippen molar-refractivity contribution in [2.75, 3.05) is 12.8 Å². The van der Waals surface area contributed by atoms with Crippen LogP contribution in [-0.2, 0) is 14.6 Å². The van der Waals surface area contributed by atoms with Crippen molar-refractivity contribution in [3.63, 3.8) is 0 Å². The standard InChI is InChI=1S/C10H20ClNO3S/c1-7(2)5-9(11)6-12-10(13)8(3)16(4,14)15/h7-9H,5-6H2,1-4H3,(H,12,13). The van der Waals surface area contributed by atoms with Gasteiger partial charge in [0.25, 0.3) is 0 Å². The maximum Gasteiger partial charge on any atom is 0.238 e. The van der Waals surface area contributed by atoms with Gasteiger partial charge in [0.15, 0.2) is 9.84 Å². The molecule has 4 nitrogen and oxygen atoms in total. The summed E-state index contributed by atoms with van der Waals surface area (Å²) in [5.41, 5.74) is 0. The van der Waals surface area contributed by atoms with Gasteiger partial charge in [0.2, 0.25) is 5.91 Å². The Morgan fingerprint density at radius 3 is 2.19 bits per heavy atom. The van der Waals surface area contributed by atoms with Gasteiger partial charge in [0.1, 0.15) is 5.25 Å². The van der Waals surface area contributed by atoms with Crippen LogP contribution in [0.1, 0.15) is 27.2 Å². The molecule has 0 spiro atoms. The molecular formula is C10H20ClNO3S. The number of sulfone groups is 1. The summed E-state index contributed by atoms with van der Waals surface area (Å²) in [7, 11) is -3.33. The number of halogens is 1. The van der Waals surface area contributed by atoms with Gasteiger partial charge >= 0.3 is 0 Å². The molecule has 0 fully saturated rings. The van der Waals surface area contributed by atoms with Gasteiger partial charge in [0.05, 0.1) is 5.38 Å². The number of amides is 1. The number of carbonyl (C=O) groups is 1. The van der Waals surface area contributed by atoms with Crippen LogP contribution in [0.4, 0.5) is 0 Å². The topological polar surface area (TPSA) is 63.2 Å². The van der Waals surface area contributed by atoms with Crippen molar-refractivity contribution in [1.82, 2.24) is 5.32 Å². The van der Waals surface area contributed by atoms with Gasteiger partial charge in [-0.1, -0.05) is 13.8 Å². The van der Waals surface area contributed by atoms with E-state index in [-0.39, 0.29) is 5.38 Å². The van der Waals surface area contributed by atoms with Gasteiger partial charge in [-0.05, 0) is 19.3 Å². The average molecular weight is 270 g/mol. The van der Waals surface area contributed by atoms with E-state index in [4.69, 9.17) is 11.6 Å². The Morgan fingerprint density at radius 2 is 1.81 bits per heavy atom. The van der Waals surface area contributed by atoms with Crippen LogP contribution in [0.15, 0.2) is 0 Å². The molecule has 0 aromatic heterocycles. The van der Waals surface area contributed by atoms with Crippen LogP contribution in [0.5, 0.6) is 0 Å². The minimum Gasteiger partial charge on any atom is -0.354 e. The molecule has 0 aliphatic rings. The Kier molecular flexibility index (Phi) is 6.33. The van der Waals surface area contributed by atoms with Crippen LogP contribution < -0.4 is 5.32 Å². The van der Waals surface area contributed by atoms with Crippen molar-refractivity contribution in [3.05, 3.63) is 0 Å². The lowest BCUT2D eigenvalue weighted by molar-refractivity contribution is -0.120. The second kappa shape index (κ2) is 6.45. The zero-order valence-electron chi connectivity index (χ0n) is 10.2. The fourth-order valence-electron chi connectivity index (χ4n) is 1.14. The van der Waals surface area contributed by atoms with E-state index in [9.17, 15) is 13.2 Å². The molecule has 1 amide bonds. The fourth-order valence-corrected chi connectivity index (χ4v) is 2.05. The molecule has 0 aliphatic heterocycles. The summed E-state index contributed by atoms with van der Waals surface area (Å²) in [5, 5.41) is 1.37. The summed E-state index contributed by atoms with van der Waals surface area (Å²) in [6, 6.07) is 0. The zero-order valence-corrected chi connectivity index (χ0v) is 11.7. The van der Waals surface area contributed by atoms with Gasteiger partial charge in [-0.2, -0.15) is 0 Å². The molecule has 0 heterocycles. The second-order valence-corrected chi connectivity index (χ2v) is 7.43. The highest BCUT2D eigenvalue weighted by molar-refractivity contribution is 7.92. The van der Waals surface area contributed by atoms with Crippen LogP contribution in [0, 0.1) is 5.92 Å². The quantitative estimate of drug-likeness (QED) is 0.737. The van der Waals surface area contributed by atoms with Gasteiger partial charge in [-0.3, -0.25) is 4.79 Å². The lowest BCUT2D eigenvalue weighted by atomic mass is 10.1. The first kappa shape index (κ1) is 15.7. The summed E-state index contributed by atoms with van der Waals surface area (Å²) in [6.07, 6.45) is 1.83. The van der Waals surface area contributed by atoms with Crippen LogP contribution in [0.3, 0.4) is 0 Å².